The molecule has 7 nitrogen and oxygen atoms in total. The SMILES string of the molecule is NC1=CS(=O)(=O)Nc2cccc(C(O)C(=O)O)c21. The summed E-state index contributed by atoms with van der Waals surface area (Å²) in [5.74, 6) is -1.44. The quantitative estimate of drug-likeness (QED) is 0.589. The van der Waals surface area contributed by atoms with Crippen LogP contribution in [0.3, 0.4) is 0 Å². The van der Waals surface area contributed by atoms with Crippen LogP contribution in [0.25, 0.3) is 5.70 Å². The van der Waals surface area contributed by atoms with E-state index >= 15 is 0 Å². The van der Waals surface area contributed by atoms with Crippen molar-refractivity contribution in [2.45, 2.75) is 6.10 Å². The summed E-state index contributed by atoms with van der Waals surface area (Å²) < 4.78 is 25.0. The van der Waals surface area contributed by atoms with Crippen molar-refractivity contribution in [2.75, 3.05) is 4.72 Å². The number of anilines is 1. The highest BCUT2D eigenvalue weighted by Gasteiger charge is 2.27. The van der Waals surface area contributed by atoms with Crippen LogP contribution in [0.2, 0.25) is 0 Å². The maximum atomic E-state index is 11.4. The number of fused-ring (bicyclic) bond motifs is 1. The van der Waals surface area contributed by atoms with Crippen molar-refractivity contribution in [1.82, 2.24) is 0 Å². The summed E-state index contributed by atoms with van der Waals surface area (Å²) >= 11 is 0. The summed E-state index contributed by atoms with van der Waals surface area (Å²) in [6.45, 7) is 0. The largest absolute Gasteiger partial charge is 0.479 e. The first-order valence-corrected chi connectivity index (χ1v) is 6.40. The van der Waals surface area contributed by atoms with Gasteiger partial charge in [-0.25, -0.2) is 13.2 Å². The van der Waals surface area contributed by atoms with Gasteiger partial charge in [-0.3, -0.25) is 4.72 Å². The second-order valence-electron chi connectivity index (χ2n) is 3.73. The van der Waals surface area contributed by atoms with Crippen molar-refractivity contribution in [1.29, 1.82) is 0 Å². The van der Waals surface area contributed by atoms with Crippen LogP contribution in [0.4, 0.5) is 5.69 Å². The number of aliphatic hydroxyl groups is 1. The molecule has 8 heteroatoms. The highest BCUT2D eigenvalue weighted by molar-refractivity contribution is 7.95. The number of nitrogens with one attached hydrogen (secondary N) is 1. The fourth-order valence-electron chi connectivity index (χ4n) is 1.75. The van der Waals surface area contributed by atoms with E-state index in [0.29, 0.717) is 0 Å². The van der Waals surface area contributed by atoms with Crippen molar-refractivity contribution >= 4 is 27.4 Å². The number of sulfonamides is 1. The van der Waals surface area contributed by atoms with E-state index in [1.54, 1.807) is 0 Å². The van der Waals surface area contributed by atoms with Gasteiger partial charge in [-0.15, -0.1) is 0 Å². The van der Waals surface area contributed by atoms with Gasteiger partial charge in [0.2, 0.25) is 0 Å². The van der Waals surface area contributed by atoms with Crippen molar-refractivity contribution < 1.29 is 23.4 Å². The Morgan fingerprint density at radius 3 is 2.67 bits per heavy atom. The summed E-state index contributed by atoms with van der Waals surface area (Å²) in [4.78, 5) is 10.8. The third kappa shape index (κ3) is 2.03. The molecule has 96 valence electrons. The molecule has 1 heterocycles. The number of hydrogen-bond donors (Lipinski definition) is 4. The minimum absolute atomic E-state index is 0.0381. The Hall–Kier alpha value is -2.06. The first-order valence-electron chi connectivity index (χ1n) is 4.86. The molecule has 1 unspecified atom stereocenters. The first-order chi connectivity index (χ1) is 8.32. The first kappa shape index (κ1) is 12.4. The van der Waals surface area contributed by atoms with Gasteiger partial charge < -0.3 is 15.9 Å². The van der Waals surface area contributed by atoms with E-state index in [2.05, 4.69) is 4.72 Å². The summed E-state index contributed by atoms with van der Waals surface area (Å²) in [5, 5.41) is 19.1. The molecule has 0 fully saturated rings. The molecule has 1 aromatic carbocycles. The fourth-order valence-corrected chi connectivity index (χ4v) is 2.73. The molecular formula is C10H10N2O5S. The molecule has 1 aliphatic heterocycles. The van der Waals surface area contributed by atoms with E-state index < -0.39 is 22.1 Å². The topological polar surface area (TPSA) is 130 Å². The lowest BCUT2D eigenvalue weighted by Gasteiger charge is -2.21. The van der Waals surface area contributed by atoms with E-state index in [1.807, 2.05) is 0 Å². The molecule has 0 radical (unpaired) electrons. The number of hydrogen-bond acceptors (Lipinski definition) is 5. The number of aliphatic carboxylic acids is 1. The molecule has 0 saturated carbocycles. The molecule has 1 aromatic rings. The summed E-state index contributed by atoms with van der Waals surface area (Å²) in [6, 6.07) is 4.24. The predicted octanol–water partition coefficient (Wildman–Crippen LogP) is -0.183. The van der Waals surface area contributed by atoms with Gasteiger partial charge in [0.15, 0.2) is 6.10 Å². The average molecular weight is 270 g/mol. The lowest BCUT2D eigenvalue weighted by molar-refractivity contribution is -0.146. The van der Waals surface area contributed by atoms with Crippen molar-refractivity contribution in [2.24, 2.45) is 5.73 Å². The monoisotopic (exact) mass is 270 g/mol. The van der Waals surface area contributed by atoms with Gasteiger partial charge in [0.25, 0.3) is 10.0 Å². The van der Waals surface area contributed by atoms with E-state index in [9.17, 15) is 18.3 Å². The van der Waals surface area contributed by atoms with E-state index in [1.165, 1.54) is 18.2 Å². The average Bonchev–Trinajstić information content (AvgIpc) is 2.25. The van der Waals surface area contributed by atoms with Crippen molar-refractivity contribution in [3.05, 3.63) is 34.7 Å². The maximum absolute atomic E-state index is 11.4. The van der Waals surface area contributed by atoms with Crippen LogP contribution in [0.5, 0.6) is 0 Å². The second-order valence-corrected chi connectivity index (χ2v) is 5.26. The molecule has 1 aliphatic rings. The molecule has 2 rings (SSSR count). The number of carboxylic acids is 1. The van der Waals surface area contributed by atoms with Gasteiger partial charge in [-0.2, -0.15) is 0 Å². The number of rotatable bonds is 2. The molecule has 5 N–H and O–H groups in total. The molecule has 0 bridgehead atoms. The Kier molecular flexibility index (Phi) is 2.76. The van der Waals surface area contributed by atoms with E-state index in [-0.39, 0.29) is 22.5 Å². The Labute approximate surface area is 103 Å². The Balaban J connectivity index is 2.66. The molecule has 0 spiro atoms. The summed E-state index contributed by atoms with van der Waals surface area (Å²) in [7, 11) is -3.67. The summed E-state index contributed by atoms with van der Waals surface area (Å²) in [5.41, 5.74) is 5.85. The lowest BCUT2D eigenvalue weighted by atomic mass is 9.98. The fraction of sp³-hybridized carbons (Fsp3) is 0.100. The molecule has 0 saturated heterocycles. The number of nitrogens with two attached hydrogens (primary N) is 1. The number of carboxylic acid groups (broad SMARTS) is 1. The van der Waals surface area contributed by atoms with Crippen molar-refractivity contribution in [3.8, 4) is 0 Å². The second kappa shape index (κ2) is 4.00. The van der Waals surface area contributed by atoms with Crippen LogP contribution >= 0.6 is 0 Å². The highest BCUT2D eigenvalue weighted by atomic mass is 32.2. The zero-order chi connectivity index (χ0) is 13.5. The van der Waals surface area contributed by atoms with Crippen molar-refractivity contribution in [3.63, 3.8) is 0 Å². The number of carbonyl (C=O) groups is 1. The van der Waals surface area contributed by atoms with Gasteiger partial charge in [0.1, 0.15) is 0 Å². The van der Waals surface area contributed by atoms with Crippen LogP contribution in [0, 0.1) is 0 Å². The van der Waals surface area contributed by atoms with Crippen LogP contribution in [0.1, 0.15) is 17.2 Å². The van der Waals surface area contributed by atoms with Gasteiger partial charge >= 0.3 is 5.97 Å². The molecule has 0 aromatic heterocycles. The highest BCUT2D eigenvalue weighted by Crippen LogP contribution is 2.33. The third-order valence-electron chi connectivity index (χ3n) is 2.45. The molecular weight excluding hydrogens is 260 g/mol. The minimum Gasteiger partial charge on any atom is -0.479 e. The maximum Gasteiger partial charge on any atom is 0.337 e. The third-order valence-corrected chi connectivity index (χ3v) is 3.52. The molecule has 18 heavy (non-hydrogen) atoms. The van der Waals surface area contributed by atoms with Gasteiger partial charge in [-0.05, 0) is 6.07 Å². The zero-order valence-corrected chi connectivity index (χ0v) is 9.81. The van der Waals surface area contributed by atoms with Crippen LogP contribution < -0.4 is 10.5 Å². The zero-order valence-electron chi connectivity index (χ0n) is 8.99. The van der Waals surface area contributed by atoms with Gasteiger partial charge in [-0.1, -0.05) is 12.1 Å². The predicted molar refractivity (Wildman–Crippen MR) is 63.7 cm³/mol. The molecule has 1 atom stereocenters. The lowest BCUT2D eigenvalue weighted by Crippen LogP contribution is -2.22. The molecule has 0 aliphatic carbocycles. The van der Waals surface area contributed by atoms with Crippen LogP contribution in [-0.2, 0) is 14.8 Å². The van der Waals surface area contributed by atoms with Gasteiger partial charge in [0, 0.05) is 11.1 Å². The standard InChI is InChI=1S/C10H10N2O5S/c11-6-4-18(16,17)12-7-3-1-2-5(8(6)7)9(13)10(14)15/h1-4,9,12-13H,11H2,(H,14,15). The molecule has 0 amide bonds. The normalized spacial score (nSPS) is 18.2. The van der Waals surface area contributed by atoms with Crippen LogP contribution in [0.15, 0.2) is 23.6 Å². The van der Waals surface area contributed by atoms with Gasteiger partial charge in [0.05, 0.1) is 16.8 Å². The Morgan fingerprint density at radius 1 is 1.39 bits per heavy atom. The van der Waals surface area contributed by atoms with E-state index in [4.69, 9.17) is 10.8 Å². The summed E-state index contributed by atoms with van der Waals surface area (Å²) in [6.07, 6.45) is -1.77. The Morgan fingerprint density at radius 2 is 2.06 bits per heavy atom. The van der Waals surface area contributed by atoms with Crippen LogP contribution in [-0.4, -0.2) is 24.6 Å². The smallest absolute Gasteiger partial charge is 0.337 e. The minimum atomic E-state index is -3.67. The Bertz CT molecular complexity index is 650. The number of aliphatic hydroxyl groups excluding tert-OH is 1. The van der Waals surface area contributed by atoms with E-state index in [0.717, 1.165) is 5.41 Å². The number of benzene rings is 1.